The predicted octanol–water partition coefficient (Wildman–Crippen LogP) is 4.09. The lowest BCUT2D eigenvalue weighted by Crippen LogP contribution is -2.15. The standard InChI is InChI=1S/C14H17BrOS/c15-13-3-1-11(2-4-13)9-14(16)10-12-5-7-17-8-6-12/h1-4,12H,5-10H2. The Morgan fingerprint density at radius 1 is 1.24 bits per heavy atom. The van der Waals surface area contributed by atoms with Gasteiger partial charge >= 0.3 is 0 Å². The lowest BCUT2D eigenvalue weighted by molar-refractivity contribution is -0.119. The van der Waals surface area contributed by atoms with Crippen LogP contribution >= 0.6 is 27.7 Å². The molecule has 0 aliphatic carbocycles. The molecule has 1 fully saturated rings. The Bertz CT molecular complexity index is 368. The Kier molecular flexibility index (Phi) is 5.11. The van der Waals surface area contributed by atoms with Crippen molar-refractivity contribution in [2.75, 3.05) is 11.5 Å². The van der Waals surface area contributed by atoms with E-state index in [4.69, 9.17) is 0 Å². The van der Waals surface area contributed by atoms with E-state index in [2.05, 4.69) is 15.9 Å². The minimum Gasteiger partial charge on any atom is -0.299 e. The molecule has 1 aromatic rings. The molecule has 1 nitrogen and oxygen atoms in total. The largest absolute Gasteiger partial charge is 0.299 e. The van der Waals surface area contributed by atoms with Gasteiger partial charge in [-0.2, -0.15) is 11.8 Å². The topological polar surface area (TPSA) is 17.1 Å². The molecule has 0 radical (unpaired) electrons. The lowest BCUT2D eigenvalue weighted by Gasteiger charge is -2.20. The third kappa shape index (κ3) is 4.47. The number of hydrogen-bond acceptors (Lipinski definition) is 2. The number of ketones is 1. The molecule has 1 saturated heterocycles. The summed E-state index contributed by atoms with van der Waals surface area (Å²) in [5, 5.41) is 0. The second-order valence-electron chi connectivity index (χ2n) is 4.60. The molecule has 3 heteroatoms. The van der Waals surface area contributed by atoms with Crippen molar-refractivity contribution in [3.05, 3.63) is 34.3 Å². The average Bonchev–Trinajstić information content (AvgIpc) is 2.33. The molecule has 92 valence electrons. The smallest absolute Gasteiger partial charge is 0.137 e. The van der Waals surface area contributed by atoms with E-state index >= 15 is 0 Å². The molecule has 17 heavy (non-hydrogen) atoms. The van der Waals surface area contributed by atoms with Gasteiger partial charge in [-0.1, -0.05) is 28.1 Å². The first-order valence-corrected chi connectivity index (χ1v) is 8.02. The van der Waals surface area contributed by atoms with Gasteiger partial charge < -0.3 is 0 Å². The summed E-state index contributed by atoms with van der Waals surface area (Å²) in [5.41, 5.74) is 1.13. The molecule has 0 saturated carbocycles. The van der Waals surface area contributed by atoms with Gasteiger partial charge in [0.05, 0.1) is 0 Å². The predicted molar refractivity (Wildman–Crippen MR) is 77.5 cm³/mol. The number of Topliss-reactive ketones (excluding diaryl/α,β-unsaturated/α-hetero) is 1. The zero-order valence-electron chi connectivity index (χ0n) is 9.82. The summed E-state index contributed by atoms with van der Waals surface area (Å²) in [5.74, 6) is 3.50. The first-order valence-electron chi connectivity index (χ1n) is 6.08. The van der Waals surface area contributed by atoms with Gasteiger partial charge in [0, 0.05) is 17.3 Å². The molecule has 1 heterocycles. The average molecular weight is 313 g/mol. The summed E-state index contributed by atoms with van der Waals surface area (Å²) < 4.78 is 1.07. The Labute approximate surface area is 115 Å². The van der Waals surface area contributed by atoms with Crippen molar-refractivity contribution in [1.82, 2.24) is 0 Å². The van der Waals surface area contributed by atoms with E-state index in [1.54, 1.807) is 0 Å². The molecule has 0 unspecified atom stereocenters. The van der Waals surface area contributed by atoms with Crippen molar-refractivity contribution < 1.29 is 4.79 Å². The number of hydrogen-bond donors (Lipinski definition) is 0. The van der Waals surface area contributed by atoms with Gasteiger partial charge in [0.1, 0.15) is 5.78 Å². The third-order valence-corrected chi connectivity index (χ3v) is 4.75. The van der Waals surface area contributed by atoms with Crippen LogP contribution in [0.2, 0.25) is 0 Å². The highest BCUT2D eigenvalue weighted by atomic mass is 79.9. The molecule has 1 aromatic carbocycles. The Morgan fingerprint density at radius 3 is 2.53 bits per heavy atom. The van der Waals surface area contributed by atoms with E-state index in [9.17, 15) is 4.79 Å². The maximum Gasteiger partial charge on any atom is 0.137 e. The van der Waals surface area contributed by atoms with Crippen LogP contribution in [0.5, 0.6) is 0 Å². The number of halogens is 1. The molecule has 0 amide bonds. The number of carbonyl (C=O) groups excluding carboxylic acids is 1. The molecule has 0 aromatic heterocycles. The number of thioether (sulfide) groups is 1. The molecule has 1 aliphatic rings. The van der Waals surface area contributed by atoms with Gasteiger partial charge in [-0.25, -0.2) is 0 Å². The Hall–Kier alpha value is -0.280. The summed E-state index contributed by atoms with van der Waals surface area (Å²) in [6.07, 6.45) is 3.81. The summed E-state index contributed by atoms with van der Waals surface area (Å²) in [7, 11) is 0. The van der Waals surface area contributed by atoms with Gasteiger partial charge in [-0.05, 0) is 48.0 Å². The van der Waals surface area contributed by atoms with E-state index < -0.39 is 0 Å². The van der Waals surface area contributed by atoms with Crippen molar-refractivity contribution in [2.45, 2.75) is 25.7 Å². The molecule has 0 spiro atoms. The van der Waals surface area contributed by atoms with Crippen LogP contribution in [0.15, 0.2) is 28.7 Å². The molecule has 0 atom stereocenters. The SMILES string of the molecule is O=C(Cc1ccc(Br)cc1)CC1CCSCC1. The second kappa shape index (κ2) is 6.60. The van der Waals surface area contributed by atoms with E-state index in [-0.39, 0.29) is 0 Å². The van der Waals surface area contributed by atoms with Crippen LogP contribution in [-0.2, 0) is 11.2 Å². The number of benzene rings is 1. The van der Waals surface area contributed by atoms with Crippen LogP contribution in [0, 0.1) is 5.92 Å². The van der Waals surface area contributed by atoms with E-state index in [1.165, 1.54) is 24.3 Å². The monoisotopic (exact) mass is 312 g/mol. The van der Waals surface area contributed by atoms with Crippen molar-refractivity contribution in [1.29, 1.82) is 0 Å². The number of rotatable bonds is 4. The minimum absolute atomic E-state index is 0.393. The van der Waals surface area contributed by atoms with Crippen molar-refractivity contribution in [2.24, 2.45) is 5.92 Å². The van der Waals surface area contributed by atoms with Crippen LogP contribution in [0.3, 0.4) is 0 Å². The van der Waals surface area contributed by atoms with E-state index in [0.29, 0.717) is 18.1 Å². The maximum atomic E-state index is 11.9. The fourth-order valence-electron chi connectivity index (χ4n) is 2.17. The zero-order chi connectivity index (χ0) is 12.1. The molecule has 1 aliphatic heterocycles. The first kappa shape index (κ1) is 13.2. The molecule has 0 N–H and O–H groups in total. The van der Waals surface area contributed by atoms with Gasteiger partial charge in [0.15, 0.2) is 0 Å². The van der Waals surface area contributed by atoms with Gasteiger partial charge in [0.2, 0.25) is 0 Å². The van der Waals surface area contributed by atoms with Crippen molar-refractivity contribution in [3.8, 4) is 0 Å². The quantitative estimate of drug-likeness (QED) is 0.832. The highest BCUT2D eigenvalue weighted by Crippen LogP contribution is 2.25. The number of carbonyl (C=O) groups is 1. The summed E-state index contributed by atoms with van der Waals surface area (Å²) >= 11 is 5.42. The minimum atomic E-state index is 0.393. The molecular formula is C14H17BrOS. The fourth-order valence-corrected chi connectivity index (χ4v) is 3.64. The third-order valence-electron chi connectivity index (χ3n) is 3.17. The van der Waals surface area contributed by atoms with Gasteiger partial charge in [-0.3, -0.25) is 4.79 Å². The van der Waals surface area contributed by atoms with E-state index in [1.807, 2.05) is 36.0 Å². The second-order valence-corrected chi connectivity index (χ2v) is 6.74. The van der Waals surface area contributed by atoms with Crippen LogP contribution in [0.4, 0.5) is 0 Å². The molecule has 2 rings (SSSR count). The molecule has 0 bridgehead atoms. The van der Waals surface area contributed by atoms with Crippen molar-refractivity contribution >= 4 is 33.5 Å². The summed E-state index contributed by atoms with van der Waals surface area (Å²) in [4.78, 5) is 11.9. The summed E-state index contributed by atoms with van der Waals surface area (Å²) in [6.45, 7) is 0. The van der Waals surface area contributed by atoms with Crippen molar-refractivity contribution in [3.63, 3.8) is 0 Å². The fraction of sp³-hybridized carbons (Fsp3) is 0.500. The normalized spacial score (nSPS) is 17.0. The van der Waals surface area contributed by atoms with E-state index in [0.717, 1.165) is 16.5 Å². The highest BCUT2D eigenvalue weighted by Gasteiger charge is 2.17. The van der Waals surface area contributed by atoms with Crippen LogP contribution in [0.1, 0.15) is 24.8 Å². The van der Waals surface area contributed by atoms with Crippen LogP contribution < -0.4 is 0 Å². The van der Waals surface area contributed by atoms with Gasteiger partial charge in [0.25, 0.3) is 0 Å². The Balaban J connectivity index is 1.82. The van der Waals surface area contributed by atoms with Crippen LogP contribution in [-0.4, -0.2) is 17.3 Å². The summed E-state index contributed by atoms with van der Waals surface area (Å²) in [6, 6.07) is 8.05. The lowest BCUT2D eigenvalue weighted by atomic mass is 9.94. The van der Waals surface area contributed by atoms with Crippen LogP contribution in [0.25, 0.3) is 0 Å². The Morgan fingerprint density at radius 2 is 1.88 bits per heavy atom. The molecular weight excluding hydrogens is 296 g/mol. The first-order chi connectivity index (χ1) is 8.24. The van der Waals surface area contributed by atoms with Gasteiger partial charge in [-0.15, -0.1) is 0 Å². The maximum absolute atomic E-state index is 11.9. The highest BCUT2D eigenvalue weighted by molar-refractivity contribution is 9.10. The zero-order valence-corrected chi connectivity index (χ0v) is 12.2.